The number of hydrogen-bond donors (Lipinski definition) is 1. The maximum atomic E-state index is 10.5. The van der Waals surface area contributed by atoms with Crippen molar-refractivity contribution in [1.82, 2.24) is 9.80 Å². The summed E-state index contributed by atoms with van der Waals surface area (Å²) in [6.45, 7) is 3.82. The van der Waals surface area contributed by atoms with Gasteiger partial charge in [-0.15, -0.1) is 0 Å². The first-order chi connectivity index (χ1) is 6.19. The van der Waals surface area contributed by atoms with Crippen molar-refractivity contribution in [2.75, 3.05) is 26.2 Å². The van der Waals surface area contributed by atoms with Crippen molar-refractivity contribution in [2.24, 2.45) is 5.41 Å². The summed E-state index contributed by atoms with van der Waals surface area (Å²) in [5.41, 5.74) is 0.362. The average molecular weight is 182 g/mol. The van der Waals surface area contributed by atoms with Crippen LogP contribution in [-0.2, 0) is 0 Å². The number of hydrogen-bond acceptors (Lipinski definition) is 2. The second kappa shape index (κ2) is 2.18. The van der Waals surface area contributed by atoms with E-state index in [1.54, 1.807) is 0 Å². The first kappa shape index (κ1) is 7.62. The van der Waals surface area contributed by atoms with Gasteiger partial charge in [-0.05, 0) is 12.8 Å². The number of rotatable bonds is 1. The smallest absolute Gasteiger partial charge is 0.407 e. The molecule has 4 nitrogen and oxygen atoms in total. The highest BCUT2D eigenvalue weighted by Gasteiger charge is 2.55. The van der Waals surface area contributed by atoms with Crippen LogP contribution in [0.3, 0.4) is 0 Å². The molecule has 0 unspecified atom stereocenters. The predicted octanol–water partition coefficient (Wildman–Crippen LogP) is 0.444. The molecule has 0 aromatic rings. The van der Waals surface area contributed by atoms with Gasteiger partial charge in [0.25, 0.3) is 0 Å². The molecular weight excluding hydrogens is 168 g/mol. The summed E-state index contributed by atoms with van der Waals surface area (Å²) >= 11 is 0. The Morgan fingerprint density at radius 2 is 1.85 bits per heavy atom. The molecule has 1 N–H and O–H groups in total. The van der Waals surface area contributed by atoms with Crippen molar-refractivity contribution >= 4 is 6.09 Å². The van der Waals surface area contributed by atoms with Crippen LogP contribution < -0.4 is 0 Å². The van der Waals surface area contributed by atoms with Crippen molar-refractivity contribution in [3.63, 3.8) is 0 Å². The maximum absolute atomic E-state index is 10.5. The molecule has 1 spiro atoms. The molecule has 0 atom stereocenters. The van der Waals surface area contributed by atoms with Crippen LogP contribution in [0.25, 0.3) is 0 Å². The molecular formula is C9H14N2O2. The summed E-state index contributed by atoms with van der Waals surface area (Å²) < 4.78 is 0. The van der Waals surface area contributed by atoms with Crippen LogP contribution in [0.15, 0.2) is 0 Å². The Morgan fingerprint density at radius 1 is 1.23 bits per heavy atom. The first-order valence-electron chi connectivity index (χ1n) is 4.91. The lowest BCUT2D eigenvalue weighted by Gasteiger charge is -2.59. The van der Waals surface area contributed by atoms with E-state index in [1.807, 2.05) is 0 Å². The number of likely N-dealkylation sites (tertiary alicyclic amines) is 2. The van der Waals surface area contributed by atoms with Crippen LogP contribution in [0.4, 0.5) is 4.79 Å². The van der Waals surface area contributed by atoms with Crippen LogP contribution in [0.2, 0.25) is 0 Å². The maximum Gasteiger partial charge on any atom is 0.407 e. The third-order valence-electron chi connectivity index (χ3n) is 3.46. The third-order valence-corrected chi connectivity index (χ3v) is 3.46. The van der Waals surface area contributed by atoms with Gasteiger partial charge < -0.3 is 10.0 Å². The molecule has 2 heterocycles. The fraction of sp³-hybridized carbons (Fsp3) is 0.889. The Kier molecular flexibility index (Phi) is 1.28. The number of nitrogens with zero attached hydrogens (tertiary/aromatic N) is 2. The van der Waals surface area contributed by atoms with Crippen molar-refractivity contribution in [3.05, 3.63) is 0 Å². The van der Waals surface area contributed by atoms with E-state index in [2.05, 4.69) is 4.90 Å². The van der Waals surface area contributed by atoms with E-state index >= 15 is 0 Å². The molecule has 1 aliphatic carbocycles. The van der Waals surface area contributed by atoms with Gasteiger partial charge in [0.15, 0.2) is 0 Å². The highest BCUT2D eigenvalue weighted by Crippen LogP contribution is 2.44. The Bertz CT molecular complexity index is 248. The van der Waals surface area contributed by atoms with Crippen molar-refractivity contribution in [1.29, 1.82) is 0 Å². The van der Waals surface area contributed by atoms with Crippen LogP contribution in [0, 0.1) is 5.41 Å². The molecule has 4 heteroatoms. The quantitative estimate of drug-likeness (QED) is 0.640. The molecule has 0 aromatic carbocycles. The zero-order valence-corrected chi connectivity index (χ0v) is 7.57. The van der Waals surface area contributed by atoms with Crippen molar-refractivity contribution in [3.8, 4) is 0 Å². The molecule has 0 aromatic heterocycles. The van der Waals surface area contributed by atoms with Gasteiger partial charge in [0.05, 0.1) is 0 Å². The van der Waals surface area contributed by atoms with E-state index in [1.165, 1.54) is 17.7 Å². The van der Waals surface area contributed by atoms with Crippen LogP contribution in [0.1, 0.15) is 12.8 Å². The van der Waals surface area contributed by atoms with Crippen LogP contribution in [-0.4, -0.2) is 53.2 Å². The molecule has 2 saturated heterocycles. The molecule has 2 aliphatic heterocycles. The van der Waals surface area contributed by atoms with E-state index in [-0.39, 0.29) is 0 Å². The highest BCUT2D eigenvalue weighted by atomic mass is 16.4. The van der Waals surface area contributed by atoms with Gasteiger partial charge in [-0.3, -0.25) is 4.90 Å². The Labute approximate surface area is 77.1 Å². The minimum absolute atomic E-state index is 0.362. The summed E-state index contributed by atoms with van der Waals surface area (Å²) in [6.07, 6.45) is 1.97. The lowest BCUT2D eigenvalue weighted by atomic mass is 9.73. The third kappa shape index (κ3) is 1.05. The van der Waals surface area contributed by atoms with Gasteiger partial charge in [0.2, 0.25) is 0 Å². The predicted molar refractivity (Wildman–Crippen MR) is 46.6 cm³/mol. The number of carboxylic acid groups (broad SMARTS) is 1. The molecule has 3 fully saturated rings. The second-order valence-electron chi connectivity index (χ2n) is 4.77. The van der Waals surface area contributed by atoms with Gasteiger partial charge in [0, 0.05) is 37.6 Å². The van der Waals surface area contributed by atoms with E-state index in [4.69, 9.17) is 5.11 Å². The molecule has 3 aliphatic rings. The largest absolute Gasteiger partial charge is 0.465 e. The van der Waals surface area contributed by atoms with Gasteiger partial charge in [-0.25, -0.2) is 4.79 Å². The lowest BCUT2D eigenvalue weighted by Crippen LogP contribution is -2.73. The molecule has 0 radical (unpaired) electrons. The average Bonchev–Trinajstić information content (AvgIpc) is 2.62. The topological polar surface area (TPSA) is 43.8 Å². The lowest BCUT2D eigenvalue weighted by molar-refractivity contribution is -0.105. The fourth-order valence-corrected chi connectivity index (χ4v) is 2.61. The van der Waals surface area contributed by atoms with Crippen LogP contribution >= 0.6 is 0 Å². The minimum atomic E-state index is -0.754. The number of carbonyl (C=O) groups is 1. The van der Waals surface area contributed by atoms with Gasteiger partial charge in [-0.2, -0.15) is 0 Å². The fourth-order valence-electron chi connectivity index (χ4n) is 2.61. The van der Waals surface area contributed by atoms with E-state index in [0.29, 0.717) is 5.41 Å². The minimum Gasteiger partial charge on any atom is -0.465 e. The normalized spacial score (nSPS) is 31.2. The molecule has 1 amide bonds. The molecule has 72 valence electrons. The Morgan fingerprint density at radius 3 is 2.31 bits per heavy atom. The Hall–Kier alpha value is -0.770. The molecule has 0 bridgehead atoms. The van der Waals surface area contributed by atoms with Gasteiger partial charge >= 0.3 is 6.09 Å². The van der Waals surface area contributed by atoms with E-state index < -0.39 is 6.09 Å². The van der Waals surface area contributed by atoms with Crippen LogP contribution in [0.5, 0.6) is 0 Å². The van der Waals surface area contributed by atoms with Gasteiger partial charge in [-0.1, -0.05) is 0 Å². The van der Waals surface area contributed by atoms with Crippen molar-refractivity contribution in [2.45, 2.75) is 18.9 Å². The summed E-state index contributed by atoms with van der Waals surface area (Å²) in [5.74, 6) is 0. The summed E-state index contributed by atoms with van der Waals surface area (Å²) in [6, 6.07) is 0.851. The van der Waals surface area contributed by atoms with Gasteiger partial charge in [0.1, 0.15) is 0 Å². The zero-order chi connectivity index (χ0) is 9.05. The molecule has 1 saturated carbocycles. The van der Waals surface area contributed by atoms with E-state index in [0.717, 1.165) is 32.2 Å². The second-order valence-corrected chi connectivity index (χ2v) is 4.77. The molecule has 3 rings (SSSR count). The van der Waals surface area contributed by atoms with E-state index in [9.17, 15) is 4.79 Å². The SMILES string of the molecule is O=C(O)N1CC2(C1)CN(C1CC1)C2. The summed E-state index contributed by atoms with van der Waals surface area (Å²) in [4.78, 5) is 14.6. The van der Waals surface area contributed by atoms with Crippen molar-refractivity contribution < 1.29 is 9.90 Å². The highest BCUT2D eigenvalue weighted by molar-refractivity contribution is 5.66. The Balaban J connectivity index is 1.51. The standard InChI is InChI=1S/C9H14N2O2/c12-8(13)11-5-9(6-11)3-10(4-9)7-1-2-7/h7H,1-6H2,(H,12,13). The monoisotopic (exact) mass is 182 g/mol. The summed E-state index contributed by atoms with van der Waals surface area (Å²) in [7, 11) is 0. The summed E-state index contributed by atoms with van der Waals surface area (Å²) in [5, 5.41) is 8.68. The first-order valence-corrected chi connectivity index (χ1v) is 4.91. The molecule has 13 heavy (non-hydrogen) atoms. The number of amides is 1. The zero-order valence-electron chi connectivity index (χ0n) is 7.57.